The number of hydrogen-bond acceptors (Lipinski definition) is 5. The fourth-order valence-electron chi connectivity index (χ4n) is 2.57. The van der Waals surface area contributed by atoms with Crippen LogP contribution in [0.5, 0.6) is 0 Å². The van der Waals surface area contributed by atoms with E-state index in [0.29, 0.717) is 6.04 Å². The Hall–Kier alpha value is -1.36. The second-order valence-corrected chi connectivity index (χ2v) is 5.85. The summed E-state index contributed by atoms with van der Waals surface area (Å²) in [4.78, 5) is 10.8. The molecule has 20 heavy (non-hydrogen) atoms. The van der Waals surface area contributed by atoms with Crippen LogP contribution in [0.25, 0.3) is 0 Å². The maximum atomic E-state index is 4.33. The van der Waals surface area contributed by atoms with Gasteiger partial charge in [-0.05, 0) is 26.9 Å². The van der Waals surface area contributed by atoms with Crippen LogP contribution >= 0.6 is 0 Å². The first kappa shape index (κ1) is 15.0. The lowest BCUT2D eigenvalue weighted by atomic mass is 10.1. The molecular weight excluding hydrogens is 250 g/mol. The summed E-state index contributed by atoms with van der Waals surface area (Å²) in [6.07, 6.45) is 9.56. The van der Waals surface area contributed by atoms with Crippen molar-refractivity contribution in [2.75, 3.05) is 37.8 Å². The van der Waals surface area contributed by atoms with E-state index in [9.17, 15) is 0 Å². The molecule has 1 fully saturated rings. The van der Waals surface area contributed by atoms with Crippen LogP contribution in [-0.4, -0.2) is 48.1 Å². The van der Waals surface area contributed by atoms with E-state index in [0.717, 1.165) is 24.7 Å². The summed E-state index contributed by atoms with van der Waals surface area (Å²) in [5.74, 6) is 1.84. The molecule has 0 unspecified atom stereocenters. The molecule has 0 bridgehead atoms. The predicted molar refractivity (Wildman–Crippen MR) is 84.2 cm³/mol. The zero-order chi connectivity index (χ0) is 14.2. The number of rotatable bonds is 6. The van der Waals surface area contributed by atoms with Gasteiger partial charge in [0.05, 0.1) is 0 Å². The molecule has 2 rings (SSSR count). The van der Waals surface area contributed by atoms with E-state index in [-0.39, 0.29) is 0 Å². The highest BCUT2D eigenvalue weighted by Crippen LogP contribution is 2.20. The zero-order valence-corrected chi connectivity index (χ0v) is 12.7. The lowest BCUT2D eigenvalue weighted by Crippen LogP contribution is -2.22. The van der Waals surface area contributed by atoms with Crippen molar-refractivity contribution in [1.82, 2.24) is 14.9 Å². The summed E-state index contributed by atoms with van der Waals surface area (Å²) in [5, 5.41) is 6.89. The highest BCUT2D eigenvalue weighted by atomic mass is 15.1. The van der Waals surface area contributed by atoms with Gasteiger partial charge < -0.3 is 15.5 Å². The minimum absolute atomic E-state index is 0.571. The van der Waals surface area contributed by atoms with E-state index in [1.807, 2.05) is 6.07 Å². The van der Waals surface area contributed by atoms with Crippen LogP contribution in [0.1, 0.15) is 38.5 Å². The zero-order valence-electron chi connectivity index (χ0n) is 12.7. The van der Waals surface area contributed by atoms with Crippen LogP contribution in [0.2, 0.25) is 0 Å². The van der Waals surface area contributed by atoms with Gasteiger partial charge in [-0.3, -0.25) is 0 Å². The third-order valence-corrected chi connectivity index (χ3v) is 3.74. The summed E-state index contributed by atoms with van der Waals surface area (Å²) < 4.78 is 0. The molecule has 2 N–H and O–H groups in total. The van der Waals surface area contributed by atoms with E-state index in [2.05, 4.69) is 39.6 Å². The minimum atomic E-state index is 0.571. The van der Waals surface area contributed by atoms with Crippen molar-refractivity contribution >= 4 is 11.6 Å². The smallest absolute Gasteiger partial charge is 0.131 e. The van der Waals surface area contributed by atoms with Crippen molar-refractivity contribution in [3.8, 4) is 0 Å². The maximum absolute atomic E-state index is 4.33. The molecule has 1 aliphatic rings. The maximum Gasteiger partial charge on any atom is 0.131 e. The topological polar surface area (TPSA) is 53.1 Å². The van der Waals surface area contributed by atoms with E-state index in [4.69, 9.17) is 0 Å². The molecule has 0 aliphatic heterocycles. The SMILES string of the molecule is CN(C)CCNc1cc(NC2CCCCCC2)ncn1. The van der Waals surface area contributed by atoms with Crippen molar-refractivity contribution in [2.45, 2.75) is 44.6 Å². The largest absolute Gasteiger partial charge is 0.369 e. The second kappa shape index (κ2) is 8.04. The monoisotopic (exact) mass is 277 g/mol. The Morgan fingerprint density at radius 2 is 1.80 bits per heavy atom. The van der Waals surface area contributed by atoms with Crippen molar-refractivity contribution in [3.05, 3.63) is 12.4 Å². The minimum Gasteiger partial charge on any atom is -0.369 e. The van der Waals surface area contributed by atoms with Gasteiger partial charge in [0.25, 0.3) is 0 Å². The average Bonchev–Trinajstić information content (AvgIpc) is 2.67. The Labute approximate surface area is 122 Å². The quantitative estimate of drug-likeness (QED) is 0.783. The molecule has 1 aromatic heterocycles. The fourth-order valence-corrected chi connectivity index (χ4v) is 2.57. The Balaban J connectivity index is 1.84. The molecule has 5 nitrogen and oxygen atoms in total. The molecular formula is C15H27N5. The van der Waals surface area contributed by atoms with E-state index in [1.54, 1.807) is 6.33 Å². The summed E-state index contributed by atoms with van der Waals surface area (Å²) >= 11 is 0. The van der Waals surface area contributed by atoms with E-state index in [1.165, 1.54) is 38.5 Å². The third-order valence-electron chi connectivity index (χ3n) is 3.74. The van der Waals surface area contributed by atoms with Crippen molar-refractivity contribution in [3.63, 3.8) is 0 Å². The Kier molecular flexibility index (Phi) is 6.05. The van der Waals surface area contributed by atoms with Gasteiger partial charge in [-0.2, -0.15) is 0 Å². The number of nitrogens with one attached hydrogen (secondary N) is 2. The number of aromatic nitrogens is 2. The molecule has 1 heterocycles. The van der Waals surface area contributed by atoms with Gasteiger partial charge in [-0.1, -0.05) is 25.7 Å². The molecule has 0 atom stereocenters. The molecule has 0 aromatic carbocycles. The van der Waals surface area contributed by atoms with Gasteiger partial charge in [0.2, 0.25) is 0 Å². The van der Waals surface area contributed by atoms with Gasteiger partial charge in [0, 0.05) is 25.2 Å². The predicted octanol–water partition coefficient (Wildman–Crippen LogP) is 2.58. The highest BCUT2D eigenvalue weighted by molar-refractivity contribution is 5.46. The Bertz CT molecular complexity index is 386. The number of likely N-dealkylation sites (N-methyl/N-ethyl adjacent to an activating group) is 1. The lowest BCUT2D eigenvalue weighted by molar-refractivity contribution is 0.425. The van der Waals surface area contributed by atoms with Gasteiger partial charge in [-0.25, -0.2) is 9.97 Å². The van der Waals surface area contributed by atoms with Gasteiger partial charge in [0.1, 0.15) is 18.0 Å². The van der Waals surface area contributed by atoms with Crippen molar-refractivity contribution in [1.29, 1.82) is 0 Å². The van der Waals surface area contributed by atoms with Gasteiger partial charge >= 0.3 is 0 Å². The molecule has 5 heteroatoms. The van der Waals surface area contributed by atoms with Gasteiger partial charge in [0.15, 0.2) is 0 Å². The summed E-state index contributed by atoms with van der Waals surface area (Å²) in [7, 11) is 4.14. The van der Waals surface area contributed by atoms with Crippen molar-refractivity contribution in [2.24, 2.45) is 0 Å². The summed E-state index contributed by atoms with van der Waals surface area (Å²) in [6.45, 7) is 1.89. The summed E-state index contributed by atoms with van der Waals surface area (Å²) in [5.41, 5.74) is 0. The van der Waals surface area contributed by atoms with Crippen molar-refractivity contribution < 1.29 is 0 Å². The van der Waals surface area contributed by atoms with Crippen LogP contribution < -0.4 is 10.6 Å². The second-order valence-electron chi connectivity index (χ2n) is 5.85. The van der Waals surface area contributed by atoms with Crippen LogP contribution in [0.3, 0.4) is 0 Å². The first-order valence-electron chi connectivity index (χ1n) is 7.71. The standard InChI is InChI=1S/C15H27N5/c1-20(2)10-9-16-14-11-15(18-12-17-14)19-13-7-5-3-4-6-8-13/h11-13H,3-10H2,1-2H3,(H2,16,17,18,19). The van der Waals surface area contributed by atoms with E-state index >= 15 is 0 Å². The fraction of sp³-hybridized carbons (Fsp3) is 0.733. The molecule has 0 amide bonds. The van der Waals surface area contributed by atoms with Crippen LogP contribution in [0.4, 0.5) is 11.6 Å². The first-order valence-corrected chi connectivity index (χ1v) is 7.71. The van der Waals surface area contributed by atoms with Crippen LogP contribution in [0, 0.1) is 0 Å². The first-order chi connectivity index (χ1) is 9.74. The molecule has 1 aliphatic carbocycles. The Morgan fingerprint density at radius 3 is 2.50 bits per heavy atom. The molecule has 112 valence electrons. The molecule has 1 saturated carbocycles. The Morgan fingerprint density at radius 1 is 1.10 bits per heavy atom. The number of hydrogen-bond donors (Lipinski definition) is 2. The molecule has 0 spiro atoms. The average molecular weight is 277 g/mol. The highest BCUT2D eigenvalue weighted by Gasteiger charge is 2.12. The molecule has 0 saturated heterocycles. The number of nitrogens with zero attached hydrogens (tertiary/aromatic N) is 3. The third kappa shape index (κ3) is 5.33. The molecule has 1 aromatic rings. The van der Waals surface area contributed by atoms with Crippen LogP contribution in [0.15, 0.2) is 12.4 Å². The number of anilines is 2. The van der Waals surface area contributed by atoms with Gasteiger partial charge in [-0.15, -0.1) is 0 Å². The lowest BCUT2D eigenvalue weighted by Gasteiger charge is -2.17. The normalized spacial score (nSPS) is 16.9. The van der Waals surface area contributed by atoms with E-state index < -0.39 is 0 Å². The molecule has 0 radical (unpaired) electrons. The summed E-state index contributed by atoms with van der Waals surface area (Å²) in [6, 6.07) is 2.59. The van der Waals surface area contributed by atoms with Crippen LogP contribution in [-0.2, 0) is 0 Å².